The Kier molecular flexibility index (Phi) is 5.55. The van der Waals surface area contributed by atoms with Crippen molar-refractivity contribution in [3.63, 3.8) is 0 Å². The van der Waals surface area contributed by atoms with Gasteiger partial charge >= 0.3 is 5.97 Å². The zero-order valence-electron chi connectivity index (χ0n) is 12.9. The average Bonchev–Trinajstić information content (AvgIpc) is 2.55. The van der Waals surface area contributed by atoms with Crippen LogP contribution in [0.1, 0.15) is 12.5 Å². The van der Waals surface area contributed by atoms with Gasteiger partial charge in [-0.1, -0.05) is 42.5 Å². The normalized spacial score (nSPS) is 11.8. The summed E-state index contributed by atoms with van der Waals surface area (Å²) in [6.07, 6.45) is 0.446. The lowest BCUT2D eigenvalue weighted by molar-refractivity contribution is -0.144. The predicted molar refractivity (Wildman–Crippen MR) is 86.7 cm³/mol. The van der Waals surface area contributed by atoms with Crippen molar-refractivity contribution in [1.29, 1.82) is 0 Å². The first kappa shape index (κ1) is 16.0. The second-order valence-electron chi connectivity index (χ2n) is 4.96. The molecular weight excluding hydrogens is 278 g/mol. The van der Waals surface area contributed by atoms with Crippen molar-refractivity contribution in [3.05, 3.63) is 54.1 Å². The van der Waals surface area contributed by atoms with Crippen molar-refractivity contribution in [2.24, 2.45) is 5.73 Å². The van der Waals surface area contributed by atoms with E-state index < -0.39 is 6.04 Å². The van der Waals surface area contributed by atoms with E-state index in [1.54, 1.807) is 14.0 Å². The van der Waals surface area contributed by atoms with Crippen LogP contribution in [0.5, 0.6) is 5.75 Å². The van der Waals surface area contributed by atoms with E-state index in [2.05, 4.69) is 0 Å². The third kappa shape index (κ3) is 3.86. The lowest BCUT2D eigenvalue weighted by atomic mass is 9.99. The number of ether oxygens (including phenoxy) is 2. The van der Waals surface area contributed by atoms with Crippen LogP contribution in [0.2, 0.25) is 0 Å². The first-order valence-electron chi connectivity index (χ1n) is 7.30. The SMILES string of the molecule is CCOC(=O)C(N)Cc1cccc(-c2ccccc2OC)c1. The molecule has 2 aromatic carbocycles. The highest BCUT2D eigenvalue weighted by molar-refractivity contribution is 5.76. The molecule has 116 valence electrons. The first-order chi connectivity index (χ1) is 10.7. The molecule has 0 amide bonds. The van der Waals surface area contributed by atoms with Crippen molar-refractivity contribution in [2.45, 2.75) is 19.4 Å². The van der Waals surface area contributed by atoms with Gasteiger partial charge in [0.15, 0.2) is 0 Å². The van der Waals surface area contributed by atoms with Gasteiger partial charge in [0.2, 0.25) is 0 Å². The van der Waals surface area contributed by atoms with Gasteiger partial charge in [0, 0.05) is 5.56 Å². The number of methoxy groups -OCH3 is 1. The van der Waals surface area contributed by atoms with Gasteiger partial charge in [-0.2, -0.15) is 0 Å². The van der Waals surface area contributed by atoms with Crippen LogP contribution in [0.3, 0.4) is 0 Å². The molecule has 1 unspecified atom stereocenters. The van der Waals surface area contributed by atoms with E-state index >= 15 is 0 Å². The Morgan fingerprint density at radius 1 is 1.18 bits per heavy atom. The summed E-state index contributed by atoms with van der Waals surface area (Å²) in [6, 6.07) is 15.1. The van der Waals surface area contributed by atoms with E-state index in [9.17, 15) is 4.79 Å². The minimum Gasteiger partial charge on any atom is -0.496 e. The molecule has 4 heteroatoms. The van der Waals surface area contributed by atoms with E-state index in [1.165, 1.54) is 0 Å². The van der Waals surface area contributed by atoms with Crippen LogP contribution in [0.25, 0.3) is 11.1 Å². The Balaban J connectivity index is 2.22. The van der Waals surface area contributed by atoms with Crippen LogP contribution in [0.4, 0.5) is 0 Å². The summed E-state index contributed by atoms with van der Waals surface area (Å²) >= 11 is 0. The zero-order valence-corrected chi connectivity index (χ0v) is 12.9. The minimum atomic E-state index is -0.645. The van der Waals surface area contributed by atoms with Crippen LogP contribution < -0.4 is 10.5 Å². The van der Waals surface area contributed by atoms with Crippen LogP contribution in [0, 0.1) is 0 Å². The summed E-state index contributed by atoms with van der Waals surface area (Å²) in [5.41, 5.74) is 8.91. The van der Waals surface area contributed by atoms with Gasteiger partial charge in [-0.05, 0) is 30.5 Å². The molecule has 0 aliphatic heterocycles. The summed E-state index contributed by atoms with van der Waals surface area (Å²) in [4.78, 5) is 11.6. The van der Waals surface area contributed by atoms with Crippen molar-refractivity contribution in [2.75, 3.05) is 13.7 Å². The van der Waals surface area contributed by atoms with Gasteiger partial charge in [-0.3, -0.25) is 4.79 Å². The Morgan fingerprint density at radius 2 is 1.95 bits per heavy atom. The molecule has 0 spiro atoms. The number of carbonyl (C=O) groups is 1. The van der Waals surface area contributed by atoms with E-state index in [4.69, 9.17) is 15.2 Å². The Morgan fingerprint density at radius 3 is 2.68 bits per heavy atom. The summed E-state index contributed by atoms with van der Waals surface area (Å²) in [6.45, 7) is 2.11. The largest absolute Gasteiger partial charge is 0.496 e. The maximum Gasteiger partial charge on any atom is 0.323 e. The standard InChI is InChI=1S/C18H21NO3/c1-3-22-18(20)16(19)12-13-7-6-8-14(11-13)15-9-4-5-10-17(15)21-2/h4-11,16H,3,12,19H2,1-2H3. The van der Waals surface area contributed by atoms with E-state index in [0.717, 1.165) is 22.4 Å². The molecule has 2 N–H and O–H groups in total. The molecule has 0 radical (unpaired) electrons. The molecular formula is C18H21NO3. The number of carbonyl (C=O) groups excluding carboxylic acids is 1. The number of benzene rings is 2. The summed E-state index contributed by atoms with van der Waals surface area (Å²) in [5.74, 6) is 0.444. The van der Waals surface area contributed by atoms with Gasteiger partial charge in [0.1, 0.15) is 11.8 Å². The third-order valence-electron chi connectivity index (χ3n) is 3.39. The summed E-state index contributed by atoms with van der Waals surface area (Å²) < 4.78 is 10.3. The van der Waals surface area contributed by atoms with Crippen molar-refractivity contribution in [3.8, 4) is 16.9 Å². The van der Waals surface area contributed by atoms with Gasteiger partial charge in [-0.15, -0.1) is 0 Å². The molecule has 0 heterocycles. The van der Waals surface area contributed by atoms with Gasteiger partial charge in [0.05, 0.1) is 13.7 Å². The Hall–Kier alpha value is -2.33. The van der Waals surface area contributed by atoms with Crippen LogP contribution in [-0.2, 0) is 16.0 Å². The molecule has 0 aliphatic rings. The molecule has 0 saturated carbocycles. The summed E-state index contributed by atoms with van der Waals surface area (Å²) in [5, 5.41) is 0. The molecule has 22 heavy (non-hydrogen) atoms. The van der Waals surface area contributed by atoms with E-state index in [-0.39, 0.29) is 5.97 Å². The Bertz CT molecular complexity index is 640. The number of rotatable bonds is 6. The number of nitrogens with two attached hydrogens (primary N) is 1. The molecule has 1 atom stereocenters. The zero-order chi connectivity index (χ0) is 15.9. The first-order valence-corrected chi connectivity index (χ1v) is 7.30. The van der Waals surface area contributed by atoms with Gasteiger partial charge in [-0.25, -0.2) is 0 Å². The number of hydrogen-bond acceptors (Lipinski definition) is 4. The lowest BCUT2D eigenvalue weighted by Gasteiger charge is -2.12. The molecule has 4 nitrogen and oxygen atoms in total. The van der Waals surface area contributed by atoms with Crippen LogP contribution >= 0.6 is 0 Å². The quantitative estimate of drug-likeness (QED) is 0.833. The smallest absolute Gasteiger partial charge is 0.323 e. The number of esters is 1. The lowest BCUT2D eigenvalue weighted by Crippen LogP contribution is -2.34. The summed E-state index contributed by atoms with van der Waals surface area (Å²) in [7, 11) is 1.65. The highest BCUT2D eigenvalue weighted by Gasteiger charge is 2.15. The molecule has 2 rings (SSSR count). The fourth-order valence-electron chi connectivity index (χ4n) is 2.34. The highest BCUT2D eigenvalue weighted by Crippen LogP contribution is 2.30. The van der Waals surface area contributed by atoms with E-state index in [0.29, 0.717) is 13.0 Å². The molecule has 0 bridgehead atoms. The Labute approximate surface area is 130 Å². The maximum atomic E-state index is 11.6. The molecule has 0 fully saturated rings. The fourth-order valence-corrected chi connectivity index (χ4v) is 2.34. The topological polar surface area (TPSA) is 61.5 Å². The van der Waals surface area contributed by atoms with Crippen molar-refractivity contribution >= 4 is 5.97 Å². The molecule has 0 aliphatic carbocycles. The van der Waals surface area contributed by atoms with Crippen LogP contribution in [0.15, 0.2) is 48.5 Å². The van der Waals surface area contributed by atoms with E-state index in [1.807, 2.05) is 48.5 Å². The second kappa shape index (κ2) is 7.61. The van der Waals surface area contributed by atoms with Crippen molar-refractivity contribution in [1.82, 2.24) is 0 Å². The molecule has 0 aromatic heterocycles. The van der Waals surface area contributed by atoms with Gasteiger partial charge in [0.25, 0.3) is 0 Å². The predicted octanol–water partition coefficient (Wildman–Crippen LogP) is 2.80. The third-order valence-corrected chi connectivity index (χ3v) is 3.39. The number of hydrogen-bond donors (Lipinski definition) is 1. The fraction of sp³-hybridized carbons (Fsp3) is 0.278. The van der Waals surface area contributed by atoms with Crippen LogP contribution in [-0.4, -0.2) is 25.7 Å². The van der Waals surface area contributed by atoms with Crippen molar-refractivity contribution < 1.29 is 14.3 Å². The van der Waals surface area contributed by atoms with Gasteiger partial charge < -0.3 is 15.2 Å². The average molecular weight is 299 g/mol. The monoisotopic (exact) mass is 299 g/mol. The maximum absolute atomic E-state index is 11.6. The molecule has 2 aromatic rings. The second-order valence-corrected chi connectivity index (χ2v) is 4.96. The number of para-hydroxylation sites is 1. The highest BCUT2D eigenvalue weighted by atomic mass is 16.5. The minimum absolute atomic E-state index is 0.341. The molecule has 0 saturated heterocycles.